The van der Waals surface area contributed by atoms with Crippen molar-refractivity contribution in [3.63, 3.8) is 0 Å². The molecule has 1 aliphatic rings. The zero-order chi connectivity index (χ0) is 30.9. The Bertz CT molecular complexity index is 1950. The molecule has 14 heteroatoms. The van der Waals surface area contributed by atoms with Gasteiger partial charge in [-0.3, -0.25) is 14.3 Å². The van der Waals surface area contributed by atoms with E-state index in [0.717, 1.165) is 16.5 Å². The topological polar surface area (TPSA) is 141 Å². The molecule has 1 saturated heterocycles. The number of tetrazole rings is 1. The van der Waals surface area contributed by atoms with E-state index in [9.17, 15) is 18.7 Å². The predicted molar refractivity (Wildman–Crippen MR) is 157 cm³/mol. The van der Waals surface area contributed by atoms with Crippen LogP contribution >= 0.6 is 0 Å². The molecule has 228 valence electrons. The first-order valence-electron chi connectivity index (χ1n) is 14.4. The van der Waals surface area contributed by atoms with E-state index < -0.39 is 6.55 Å². The zero-order valence-electron chi connectivity index (χ0n) is 23.8. The summed E-state index contributed by atoms with van der Waals surface area (Å²) >= 11 is 0. The number of hydrogen-bond donors (Lipinski definition) is 1. The van der Waals surface area contributed by atoms with E-state index in [-0.39, 0.29) is 36.0 Å². The number of amides is 1. The number of alkyl halides is 2. The van der Waals surface area contributed by atoms with Gasteiger partial charge in [0.2, 0.25) is 5.89 Å². The summed E-state index contributed by atoms with van der Waals surface area (Å²) in [4.78, 5) is 29.9. The fourth-order valence-corrected chi connectivity index (χ4v) is 5.74. The molecular weight excluding hydrogens is 584 g/mol. The summed E-state index contributed by atoms with van der Waals surface area (Å²) < 4.78 is 32.7. The van der Waals surface area contributed by atoms with E-state index in [0.29, 0.717) is 59.7 Å². The number of halogens is 2. The minimum Gasteiger partial charge on any atom is -0.436 e. The first kappa shape index (κ1) is 28.4. The Morgan fingerprint density at radius 1 is 1.02 bits per heavy atom. The van der Waals surface area contributed by atoms with Gasteiger partial charge in [0.15, 0.2) is 11.4 Å². The summed E-state index contributed by atoms with van der Waals surface area (Å²) in [5.41, 5.74) is 3.95. The fraction of sp³-hybridized carbons (Fsp3) is 0.258. The van der Waals surface area contributed by atoms with Gasteiger partial charge in [0, 0.05) is 36.6 Å². The van der Waals surface area contributed by atoms with Gasteiger partial charge >= 0.3 is 6.55 Å². The van der Waals surface area contributed by atoms with Crippen molar-refractivity contribution in [1.82, 2.24) is 44.6 Å². The molecular formula is C31H27F2N9O3. The maximum absolute atomic E-state index is 13.5. The molecule has 6 aromatic rings. The van der Waals surface area contributed by atoms with E-state index in [4.69, 9.17) is 4.42 Å². The van der Waals surface area contributed by atoms with E-state index in [1.165, 1.54) is 6.20 Å². The molecule has 7 rings (SSSR count). The van der Waals surface area contributed by atoms with Crippen molar-refractivity contribution in [3.05, 3.63) is 96.5 Å². The van der Waals surface area contributed by atoms with Crippen molar-refractivity contribution in [3.8, 4) is 22.7 Å². The second kappa shape index (κ2) is 12.0. The van der Waals surface area contributed by atoms with Gasteiger partial charge in [0.05, 0.1) is 12.0 Å². The number of hydrogen-bond acceptors (Lipinski definition) is 9. The molecule has 2 aromatic carbocycles. The standard InChI is InChI=1S/C31H27F2N9O3/c32-31(33)41-16-25(35-18-41)21-6-7-26-23(14-21)36-29(45-26)22-8-11-34-24(15-22)30(44)40-12-9-20(10-13-40)28(19-4-2-1-3-5-19)42-38-27(17-43)37-39-42/h1-8,11,14-16,18,20,28,31,43H,9-10,12-13,17H2/t28-/m1/s1. The van der Waals surface area contributed by atoms with Crippen LogP contribution in [0.5, 0.6) is 0 Å². The molecule has 0 saturated carbocycles. The number of aliphatic hydroxyl groups excluding tert-OH is 1. The van der Waals surface area contributed by atoms with Gasteiger partial charge in [-0.15, -0.1) is 10.2 Å². The van der Waals surface area contributed by atoms with E-state index in [2.05, 4.69) is 30.4 Å². The van der Waals surface area contributed by atoms with Gasteiger partial charge in [-0.05, 0) is 59.9 Å². The first-order chi connectivity index (χ1) is 22.0. The number of pyridine rings is 1. The molecule has 0 bridgehead atoms. The quantitative estimate of drug-likeness (QED) is 0.258. The van der Waals surface area contributed by atoms with Crippen LogP contribution < -0.4 is 0 Å². The van der Waals surface area contributed by atoms with E-state index in [1.807, 2.05) is 30.3 Å². The minimum absolute atomic E-state index is 0.144. The van der Waals surface area contributed by atoms with Crippen LogP contribution in [-0.2, 0) is 6.61 Å². The lowest BCUT2D eigenvalue weighted by Crippen LogP contribution is -2.41. The number of oxazole rings is 1. The molecule has 4 aromatic heterocycles. The highest BCUT2D eigenvalue weighted by atomic mass is 19.3. The van der Waals surface area contributed by atoms with Crippen molar-refractivity contribution < 1.29 is 23.1 Å². The summed E-state index contributed by atoms with van der Waals surface area (Å²) in [6, 6.07) is 18.3. The van der Waals surface area contributed by atoms with Crippen LogP contribution in [0.25, 0.3) is 33.8 Å². The Labute approximate surface area is 255 Å². The second-order valence-electron chi connectivity index (χ2n) is 10.8. The van der Waals surface area contributed by atoms with Gasteiger partial charge in [0.25, 0.3) is 5.91 Å². The fourth-order valence-electron chi connectivity index (χ4n) is 5.74. The number of nitrogens with zero attached hydrogens (tertiary/aromatic N) is 9. The predicted octanol–water partition coefficient (Wildman–Crippen LogP) is 4.77. The van der Waals surface area contributed by atoms with Crippen LogP contribution in [0.3, 0.4) is 0 Å². The van der Waals surface area contributed by atoms with E-state index in [1.54, 1.807) is 46.2 Å². The molecule has 1 fully saturated rings. The van der Waals surface area contributed by atoms with Crippen LogP contribution in [0.15, 0.2) is 83.8 Å². The number of imidazole rings is 1. The largest absolute Gasteiger partial charge is 0.436 e. The lowest BCUT2D eigenvalue weighted by molar-refractivity contribution is 0.0657. The third-order valence-corrected chi connectivity index (χ3v) is 8.01. The summed E-state index contributed by atoms with van der Waals surface area (Å²) in [7, 11) is 0. The Kier molecular flexibility index (Phi) is 7.55. The number of aromatic nitrogens is 8. The van der Waals surface area contributed by atoms with Gasteiger partial charge in [0.1, 0.15) is 23.9 Å². The molecule has 1 atom stereocenters. The Balaban J connectivity index is 1.07. The van der Waals surface area contributed by atoms with Crippen LogP contribution in [0.1, 0.15) is 47.3 Å². The van der Waals surface area contributed by atoms with Crippen molar-refractivity contribution >= 4 is 17.0 Å². The SMILES string of the molecule is O=C(c1cc(-c2nc3cc(-c4cn(C(F)F)cn4)ccc3o2)ccn1)N1CCC([C@@H](c2ccccc2)n2nnc(CO)n2)CC1. The molecule has 0 spiro atoms. The molecule has 5 heterocycles. The van der Waals surface area contributed by atoms with Gasteiger partial charge in [-0.1, -0.05) is 30.3 Å². The smallest absolute Gasteiger partial charge is 0.319 e. The van der Waals surface area contributed by atoms with Crippen molar-refractivity contribution in [2.75, 3.05) is 13.1 Å². The molecule has 0 unspecified atom stereocenters. The molecule has 0 aliphatic carbocycles. The number of aliphatic hydroxyl groups is 1. The number of benzene rings is 2. The van der Waals surface area contributed by atoms with Gasteiger partial charge in [-0.2, -0.15) is 13.6 Å². The van der Waals surface area contributed by atoms with Crippen molar-refractivity contribution in [2.45, 2.75) is 32.0 Å². The average molecular weight is 612 g/mol. The second-order valence-corrected chi connectivity index (χ2v) is 10.8. The Morgan fingerprint density at radius 3 is 2.58 bits per heavy atom. The average Bonchev–Trinajstić information content (AvgIpc) is 3.85. The highest BCUT2D eigenvalue weighted by Crippen LogP contribution is 2.34. The minimum atomic E-state index is -2.67. The lowest BCUT2D eigenvalue weighted by atomic mass is 9.85. The van der Waals surface area contributed by atoms with Gasteiger partial charge in [-0.25, -0.2) is 9.97 Å². The number of piperidine rings is 1. The maximum Gasteiger partial charge on any atom is 0.319 e. The molecule has 45 heavy (non-hydrogen) atoms. The molecule has 1 aliphatic heterocycles. The van der Waals surface area contributed by atoms with Crippen LogP contribution in [-0.4, -0.2) is 68.7 Å². The van der Waals surface area contributed by atoms with E-state index >= 15 is 0 Å². The van der Waals surface area contributed by atoms with Crippen LogP contribution in [0.2, 0.25) is 0 Å². The normalized spacial score (nSPS) is 14.8. The van der Waals surface area contributed by atoms with Crippen molar-refractivity contribution in [1.29, 1.82) is 0 Å². The summed E-state index contributed by atoms with van der Waals surface area (Å²) in [6.45, 7) is -1.92. The third kappa shape index (κ3) is 5.67. The highest BCUT2D eigenvalue weighted by molar-refractivity contribution is 5.93. The summed E-state index contributed by atoms with van der Waals surface area (Å²) in [6.07, 6.45) is 5.33. The number of fused-ring (bicyclic) bond motifs is 1. The van der Waals surface area contributed by atoms with Crippen LogP contribution in [0, 0.1) is 5.92 Å². The molecule has 12 nitrogen and oxygen atoms in total. The van der Waals surface area contributed by atoms with Gasteiger partial charge < -0.3 is 14.4 Å². The number of carbonyl (C=O) groups is 1. The molecule has 0 radical (unpaired) electrons. The zero-order valence-corrected chi connectivity index (χ0v) is 23.8. The number of rotatable bonds is 8. The van der Waals surface area contributed by atoms with Crippen LogP contribution in [0.4, 0.5) is 8.78 Å². The van der Waals surface area contributed by atoms with Crippen molar-refractivity contribution in [2.24, 2.45) is 5.92 Å². The third-order valence-electron chi connectivity index (χ3n) is 8.01. The lowest BCUT2D eigenvalue weighted by Gasteiger charge is -2.35. The number of likely N-dealkylation sites (tertiary alicyclic amines) is 1. The summed E-state index contributed by atoms with van der Waals surface area (Å²) in [5.74, 6) is 0.519. The molecule has 1 N–H and O–H groups in total. The molecule has 1 amide bonds. The summed E-state index contributed by atoms with van der Waals surface area (Å²) in [5, 5.41) is 22.0. The monoisotopic (exact) mass is 611 g/mol. The Hall–Kier alpha value is -5.37. The Morgan fingerprint density at radius 2 is 1.84 bits per heavy atom. The first-order valence-corrected chi connectivity index (χ1v) is 14.4. The maximum atomic E-state index is 13.5. The highest BCUT2D eigenvalue weighted by Gasteiger charge is 2.33. The number of carbonyl (C=O) groups excluding carboxylic acids is 1.